The largest absolute Gasteiger partial charge is 0.393 e. The number of halogens is 1. The number of aromatic nitrogens is 2. The van der Waals surface area contributed by atoms with Crippen molar-refractivity contribution < 1.29 is 9.50 Å². The lowest BCUT2D eigenvalue weighted by Gasteiger charge is -2.06. The molecule has 0 radical (unpaired) electrons. The van der Waals surface area contributed by atoms with Gasteiger partial charge in [-0.2, -0.15) is 0 Å². The van der Waals surface area contributed by atoms with Crippen molar-refractivity contribution in [1.82, 2.24) is 9.97 Å². The van der Waals surface area contributed by atoms with Gasteiger partial charge in [-0.3, -0.25) is 4.98 Å². The third-order valence-corrected chi connectivity index (χ3v) is 4.56. The number of nitrogens with zero attached hydrogens (tertiary/aromatic N) is 2. The minimum Gasteiger partial charge on any atom is -0.393 e. The summed E-state index contributed by atoms with van der Waals surface area (Å²) in [6.45, 7) is 5.49. The summed E-state index contributed by atoms with van der Waals surface area (Å²) in [5.41, 5.74) is 4.42. The quantitative estimate of drug-likeness (QED) is 0.403. The minimum atomic E-state index is -0.301. The Bertz CT molecular complexity index is 995. The van der Waals surface area contributed by atoms with Crippen LogP contribution in [-0.2, 0) is 6.42 Å². The van der Waals surface area contributed by atoms with Crippen molar-refractivity contribution in [2.75, 3.05) is 0 Å². The van der Waals surface area contributed by atoms with Gasteiger partial charge in [0.2, 0.25) is 0 Å². The number of hydrogen-bond donors (Lipinski definition) is 1. The Labute approximate surface area is 165 Å². The molecule has 3 aromatic rings. The maximum Gasteiger partial charge on any atom is 0.132 e. The highest BCUT2D eigenvalue weighted by molar-refractivity contribution is 5.79. The lowest BCUT2D eigenvalue weighted by atomic mass is 10.1. The van der Waals surface area contributed by atoms with Gasteiger partial charge in [-0.05, 0) is 68.0 Å². The maximum absolute atomic E-state index is 14.4. The van der Waals surface area contributed by atoms with E-state index in [-0.39, 0.29) is 11.9 Å². The predicted molar refractivity (Wildman–Crippen MR) is 113 cm³/mol. The van der Waals surface area contributed by atoms with Crippen LogP contribution < -0.4 is 0 Å². The zero-order valence-corrected chi connectivity index (χ0v) is 16.1. The molecule has 0 amide bonds. The molecule has 3 rings (SSSR count). The Morgan fingerprint density at radius 1 is 1.18 bits per heavy atom. The molecule has 0 bridgehead atoms. The van der Waals surface area contributed by atoms with Crippen molar-refractivity contribution in [2.45, 2.75) is 38.7 Å². The van der Waals surface area contributed by atoms with E-state index >= 15 is 0 Å². The van der Waals surface area contributed by atoms with Crippen LogP contribution >= 0.6 is 0 Å². The molecule has 144 valence electrons. The monoisotopic (exact) mass is 376 g/mol. The first-order chi connectivity index (χ1) is 13.6. The van der Waals surface area contributed by atoms with Gasteiger partial charge in [0.15, 0.2) is 0 Å². The van der Waals surface area contributed by atoms with Crippen LogP contribution in [0.3, 0.4) is 0 Å². The number of hydrogen-bond acceptors (Lipinski definition) is 3. The molecule has 28 heavy (non-hydrogen) atoms. The number of aliphatic hydroxyl groups excluding tert-OH is 1. The number of unbranched alkanes of at least 4 members (excludes halogenated alkanes) is 1. The molecular formula is C24H25FN2O. The van der Waals surface area contributed by atoms with Crippen molar-refractivity contribution in [3.8, 4) is 11.3 Å². The van der Waals surface area contributed by atoms with Crippen molar-refractivity contribution in [2.24, 2.45) is 0 Å². The fourth-order valence-corrected chi connectivity index (χ4v) is 3.07. The van der Waals surface area contributed by atoms with E-state index in [1.807, 2.05) is 31.2 Å². The zero-order valence-electron chi connectivity index (χ0n) is 16.1. The summed E-state index contributed by atoms with van der Waals surface area (Å²) in [7, 11) is 0. The molecule has 0 aliphatic heterocycles. The topological polar surface area (TPSA) is 46.0 Å². The average molecular weight is 376 g/mol. The second-order valence-electron chi connectivity index (χ2n) is 6.99. The van der Waals surface area contributed by atoms with Crippen LogP contribution in [0.4, 0.5) is 4.39 Å². The molecule has 0 saturated heterocycles. The lowest BCUT2D eigenvalue weighted by Crippen LogP contribution is -1.97. The number of rotatable bonds is 8. The molecule has 2 aromatic carbocycles. The second kappa shape index (κ2) is 9.38. The summed E-state index contributed by atoms with van der Waals surface area (Å²) in [4.78, 5) is 9.05. The van der Waals surface area contributed by atoms with E-state index in [0.717, 1.165) is 41.4 Å². The van der Waals surface area contributed by atoms with Crippen LogP contribution in [-0.4, -0.2) is 21.2 Å². The van der Waals surface area contributed by atoms with Gasteiger partial charge in [-0.15, -0.1) is 6.58 Å². The Morgan fingerprint density at radius 3 is 2.79 bits per heavy atom. The summed E-state index contributed by atoms with van der Waals surface area (Å²) in [6, 6.07) is 11.0. The number of benzene rings is 2. The number of fused-ring (bicyclic) bond motifs is 1. The minimum absolute atomic E-state index is 0.249. The van der Waals surface area contributed by atoms with Crippen LogP contribution in [0.2, 0.25) is 0 Å². The van der Waals surface area contributed by atoms with E-state index in [0.29, 0.717) is 17.7 Å². The van der Waals surface area contributed by atoms with Crippen molar-refractivity contribution in [3.05, 3.63) is 78.3 Å². The second-order valence-corrected chi connectivity index (χ2v) is 6.99. The normalized spacial score (nSPS) is 12.5. The van der Waals surface area contributed by atoms with E-state index < -0.39 is 0 Å². The zero-order chi connectivity index (χ0) is 19.9. The third kappa shape index (κ3) is 5.11. The lowest BCUT2D eigenvalue weighted by molar-refractivity contribution is 0.182. The molecule has 1 aromatic heterocycles. The van der Waals surface area contributed by atoms with Crippen LogP contribution in [0.1, 0.15) is 37.3 Å². The number of allylic oxidation sites excluding steroid dienone is 2. The first-order valence-corrected chi connectivity index (χ1v) is 9.58. The Kier molecular flexibility index (Phi) is 6.66. The van der Waals surface area contributed by atoms with E-state index in [1.165, 1.54) is 6.07 Å². The molecule has 1 N–H and O–H groups in total. The van der Waals surface area contributed by atoms with Crippen molar-refractivity contribution >= 4 is 17.1 Å². The van der Waals surface area contributed by atoms with Gasteiger partial charge in [0.25, 0.3) is 0 Å². The molecule has 1 unspecified atom stereocenters. The Hall–Kier alpha value is -2.85. The molecule has 1 atom stereocenters. The first-order valence-electron chi connectivity index (χ1n) is 9.58. The third-order valence-electron chi connectivity index (χ3n) is 4.56. The van der Waals surface area contributed by atoms with E-state index in [1.54, 1.807) is 18.3 Å². The van der Waals surface area contributed by atoms with E-state index in [4.69, 9.17) is 0 Å². The summed E-state index contributed by atoms with van der Waals surface area (Å²) in [6.07, 6.45) is 10.6. The predicted octanol–water partition coefficient (Wildman–Crippen LogP) is 5.73. The molecule has 0 saturated carbocycles. The molecule has 0 aliphatic rings. The summed E-state index contributed by atoms with van der Waals surface area (Å²) in [5, 5.41) is 9.28. The summed E-state index contributed by atoms with van der Waals surface area (Å²) >= 11 is 0. The number of aliphatic hydroxyl groups is 1. The SMILES string of the molecule is C=CCc1ccc(-c2cnc3cc(C=CCCCC(C)O)ccc3n2)c(F)c1. The van der Waals surface area contributed by atoms with Gasteiger partial charge in [-0.25, -0.2) is 9.37 Å². The highest BCUT2D eigenvalue weighted by atomic mass is 19.1. The highest BCUT2D eigenvalue weighted by Gasteiger charge is 2.09. The maximum atomic E-state index is 14.4. The highest BCUT2D eigenvalue weighted by Crippen LogP contribution is 2.24. The van der Waals surface area contributed by atoms with Crippen molar-refractivity contribution in [1.29, 1.82) is 0 Å². The van der Waals surface area contributed by atoms with Gasteiger partial charge < -0.3 is 5.11 Å². The van der Waals surface area contributed by atoms with E-state index in [2.05, 4.69) is 28.7 Å². The van der Waals surface area contributed by atoms with E-state index in [9.17, 15) is 9.50 Å². The van der Waals surface area contributed by atoms with Gasteiger partial charge in [0.05, 0.1) is 29.0 Å². The van der Waals surface area contributed by atoms with Crippen LogP contribution in [0.15, 0.2) is 61.3 Å². The smallest absolute Gasteiger partial charge is 0.132 e. The molecular weight excluding hydrogens is 351 g/mol. The van der Waals surface area contributed by atoms with Crippen molar-refractivity contribution in [3.63, 3.8) is 0 Å². The fraction of sp³-hybridized carbons (Fsp3) is 0.250. The van der Waals surface area contributed by atoms with Crippen LogP contribution in [0.25, 0.3) is 28.4 Å². The van der Waals surface area contributed by atoms with Crippen LogP contribution in [0.5, 0.6) is 0 Å². The molecule has 0 fully saturated rings. The molecule has 3 nitrogen and oxygen atoms in total. The molecule has 0 spiro atoms. The first kappa shape index (κ1) is 19.9. The summed E-state index contributed by atoms with van der Waals surface area (Å²) in [5.74, 6) is -0.301. The van der Waals surface area contributed by atoms with Gasteiger partial charge in [0.1, 0.15) is 5.82 Å². The average Bonchev–Trinajstić information content (AvgIpc) is 2.67. The Morgan fingerprint density at radius 2 is 2.04 bits per heavy atom. The molecule has 4 heteroatoms. The Balaban J connectivity index is 1.78. The van der Waals surface area contributed by atoms with Crippen LogP contribution in [0, 0.1) is 5.82 Å². The fourth-order valence-electron chi connectivity index (χ4n) is 3.07. The van der Waals surface area contributed by atoms with Gasteiger partial charge in [0, 0.05) is 5.56 Å². The molecule has 0 aliphatic carbocycles. The van der Waals surface area contributed by atoms with Gasteiger partial charge >= 0.3 is 0 Å². The van der Waals surface area contributed by atoms with Gasteiger partial charge in [-0.1, -0.05) is 30.4 Å². The summed E-state index contributed by atoms with van der Waals surface area (Å²) < 4.78 is 14.4. The standard InChI is InChI=1S/C24H25FN2O/c1-3-7-18-10-12-20(21(25)14-18)24-16-26-23-15-19(11-13-22(23)27-24)9-6-4-5-8-17(2)28/h3,6,9-17,28H,1,4-5,7-8H2,2H3. The molecule has 1 heterocycles.